The van der Waals surface area contributed by atoms with Crippen LogP contribution in [0.25, 0.3) is 11.0 Å². The second-order valence-electron chi connectivity index (χ2n) is 5.98. The summed E-state index contributed by atoms with van der Waals surface area (Å²) in [5.74, 6) is 0.447. The number of hydrogen-bond donors (Lipinski definition) is 1. The molecule has 0 aliphatic heterocycles. The second kappa shape index (κ2) is 22.0. The van der Waals surface area contributed by atoms with E-state index in [2.05, 4.69) is 56.1 Å². The number of aryl methyl sites for hydroxylation is 1. The van der Waals surface area contributed by atoms with E-state index in [1.54, 1.807) is 12.5 Å². The molecular weight excluding hydrogens is 356 g/mol. The van der Waals surface area contributed by atoms with Crippen molar-refractivity contribution in [1.82, 2.24) is 4.98 Å². The van der Waals surface area contributed by atoms with Gasteiger partial charge in [0, 0.05) is 11.6 Å². The zero-order valence-electron chi connectivity index (χ0n) is 19.9. The van der Waals surface area contributed by atoms with Crippen molar-refractivity contribution in [1.29, 1.82) is 0 Å². The van der Waals surface area contributed by atoms with E-state index in [0.717, 1.165) is 5.39 Å². The van der Waals surface area contributed by atoms with Crippen LogP contribution in [0.5, 0.6) is 0 Å². The first-order chi connectivity index (χ1) is 14.2. The van der Waals surface area contributed by atoms with Crippen molar-refractivity contribution in [2.24, 2.45) is 0 Å². The molecule has 0 unspecified atom stereocenters. The van der Waals surface area contributed by atoms with Gasteiger partial charge < -0.3 is 10.2 Å². The highest BCUT2D eigenvalue weighted by atomic mass is 16.3. The van der Waals surface area contributed by atoms with E-state index in [9.17, 15) is 0 Å². The number of nitrogen functional groups attached to an aromatic ring is 1. The average molecular weight is 401 g/mol. The van der Waals surface area contributed by atoms with Crippen LogP contribution in [0.1, 0.15) is 86.1 Å². The van der Waals surface area contributed by atoms with Gasteiger partial charge in [0.15, 0.2) is 11.4 Å². The minimum atomic E-state index is 0.447. The Labute approximate surface area is 179 Å². The lowest BCUT2D eigenvalue weighted by molar-refractivity contribution is 0.616. The first-order valence-corrected chi connectivity index (χ1v) is 11.3. The Kier molecular flexibility index (Phi) is 21.9. The van der Waals surface area contributed by atoms with Crippen LogP contribution < -0.4 is 5.73 Å². The number of furan rings is 1. The molecule has 0 bridgehead atoms. The van der Waals surface area contributed by atoms with E-state index in [1.807, 2.05) is 39.8 Å². The molecule has 1 aromatic carbocycles. The molecule has 164 valence electrons. The minimum Gasteiger partial charge on any atom is -0.460 e. The third-order valence-electron chi connectivity index (χ3n) is 3.73. The van der Waals surface area contributed by atoms with Crippen LogP contribution in [-0.2, 0) is 6.42 Å². The number of unbranched alkanes of at least 4 members (excludes halogenated alkanes) is 3. The van der Waals surface area contributed by atoms with Gasteiger partial charge in [-0.15, -0.1) is 0 Å². The fourth-order valence-corrected chi connectivity index (χ4v) is 2.35. The number of aromatic nitrogens is 1. The topological polar surface area (TPSA) is 52.0 Å². The number of pyridine rings is 1. The van der Waals surface area contributed by atoms with E-state index in [0.29, 0.717) is 11.4 Å². The number of benzene rings is 1. The number of hydrogen-bond acceptors (Lipinski definition) is 3. The smallest absolute Gasteiger partial charge is 0.175 e. The lowest BCUT2D eigenvalue weighted by atomic mass is 10.1. The maximum absolute atomic E-state index is 5.50. The predicted molar refractivity (Wildman–Crippen MR) is 131 cm³/mol. The molecule has 2 heterocycles. The Morgan fingerprint density at radius 3 is 1.86 bits per heavy atom. The molecule has 0 atom stereocenters. The van der Waals surface area contributed by atoms with Gasteiger partial charge in [-0.05, 0) is 24.1 Å². The van der Waals surface area contributed by atoms with Crippen molar-refractivity contribution < 1.29 is 4.42 Å². The molecule has 0 spiro atoms. The molecule has 29 heavy (non-hydrogen) atoms. The summed E-state index contributed by atoms with van der Waals surface area (Å²) in [6, 6.07) is 14.3. The second-order valence-corrected chi connectivity index (χ2v) is 5.98. The van der Waals surface area contributed by atoms with Gasteiger partial charge in [-0.25, -0.2) is 4.98 Å². The molecule has 0 radical (unpaired) electrons. The molecule has 3 nitrogen and oxygen atoms in total. The lowest BCUT2D eigenvalue weighted by Crippen LogP contribution is -1.87. The number of nitrogens with zero attached hydrogens (tertiary/aromatic N) is 1. The van der Waals surface area contributed by atoms with Crippen molar-refractivity contribution in [2.75, 3.05) is 5.73 Å². The normalized spacial score (nSPS) is 8.79. The van der Waals surface area contributed by atoms with Crippen LogP contribution >= 0.6 is 0 Å². The fourth-order valence-electron chi connectivity index (χ4n) is 2.35. The maximum Gasteiger partial charge on any atom is 0.175 e. The summed E-state index contributed by atoms with van der Waals surface area (Å²) in [4.78, 5) is 3.86. The van der Waals surface area contributed by atoms with Gasteiger partial charge in [0.25, 0.3) is 0 Å². The molecule has 0 saturated carbocycles. The first kappa shape index (κ1) is 28.9. The Morgan fingerprint density at radius 1 is 0.793 bits per heavy atom. The van der Waals surface area contributed by atoms with Gasteiger partial charge in [-0.1, -0.05) is 111 Å². The predicted octanol–water partition coefficient (Wildman–Crippen LogP) is 8.69. The Morgan fingerprint density at radius 2 is 1.38 bits per heavy atom. The summed E-state index contributed by atoms with van der Waals surface area (Å²) in [6.07, 6.45) is 11.2. The van der Waals surface area contributed by atoms with Gasteiger partial charge >= 0.3 is 0 Å². The maximum atomic E-state index is 5.50. The van der Waals surface area contributed by atoms with Crippen molar-refractivity contribution in [3.63, 3.8) is 0 Å². The monoisotopic (exact) mass is 400 g/mol. The molecular formula is C26H44N2O. The summed E-state index contributed by atoms with van der Waals surface area (Å²) in [5.41, 5.74) is 7.61. The first-order valence-electron chi connectivity index (χ1n) is 11.3. The molecule has 3 aromatic rings. The molecule has 0 aliphatic carbocycles. The summed E-state index contributed by atoms with van der Waals surface area (Å²) in [7, 11) is 0. The lowest BCUT2D eigenvalue weighted by Gasteiger charge is -1.93. The van der Waals surface area contributed by atoms with Crippen molar-refractivity contribution in [3.8, 4) is 0 Å². The SMILES string of the molecule is CC.CC.CCCCCC.CCCc1ccccc1.Nc1nccc2ccoc12. The minimum absolute atomic E-state index is 0.447. The van der Waals surface area contributed by atoms with E-state index in [-0.39, 0.29) is 0 Å². The van der Waals surface area contributed by atoms with Gasteiger partial charge in [0.05, 0.1) is 6.26 Å². The van der Waals surface area contributed by atoms with Gasteiger partial charge in [-0.2, -0.15) is 0 Å². The van der Waals surface area contributed by atoms with Gasteiger partial charge in [0.1, 0.15) is 0 Å². The summed E-state index contributed by atoms with van der Waals surface area (Å²) < 4.78 is 5.06. The van der Waals surface area contributed by atoms with Crippen molar-refractivity contribution in [2.45, 2.75) is 87.0 Å². The van der Waals surface area contributed by atoms with E-state index in [4.69, 9.17) is 10.2 Å². The summed E-state index contributed by atoms with van der Waals surface area (Å²) in [5, 5.41) is 0.993. The third kappa shape index (κ3) is 14.4. The molecule has 2 N–H and O–H groups in total. The van der Waals surface area contributed by atoms with Crippen molar-refractivity contribution >= 4 is 16.8 Å². The zero-order valence-corrected chi connectivity index (χ0v) is 19.9. The summed E-state index contributed by atoms with van der Waals surface area (Å²) >= 11 is 0. The van der Waals surface area contributed by atoms with E-state index < -0.39 is 0 Å². The number of nitrogens with two attached hydrogens (primary N) is 1. The molecule has 0 amide bonds. The molecule has 0 fully saturated rings. The number of rotatable bonds is 5. The Balaban J connectivity index is 0. The van der Waals surface area contributed by atoms with Gasteiger partial charge in [-0.3, -0.25) is 0 Å². The van der Waals surface area contributed by atoms with Crippen LogP contribution in [0.2, 0.25) is 0 Å². The highest BCUT2D eigenvalue weighted by Crippen LogP contribution is 2.18. The number of anilines is 1. The molecule has 3 heteroatoms. The van der Waals surface area contributed by atoms with Gasteiger partial charge in [0.2, 0.25) is 0 Å². The molecule has 3 rings (SSSR count). The highest BCUT2D eigenvalue weighted by Gasteiger charge is 1.98. The van der Waals surface area contributed by atoms with Crippen molar-refractivity contribution in [3.05, 3.63) is 60.5 Å². The Bertz CT molecular complexity index is 673. The average Bonchev–Trinajstić information content (AvgIpc) is 3.27. The zero-order chi connectivity index (χ0) is 22.3. The van der Waals surface area contributed by atoms with Crippen LogP contribution in [0.3, 0.4) is 0 Å². The number of fused-ring (bicyclic) bond motifs is 1. The van der Waals surface area contributed by atoms with E-state index >= 15 is 0 Å². The largest absolute Gasteiger partial charge is 0.460 e. The Hall–Kier alpha value is -2.29. The van der Waals surface area contributed by atoms with Crippen LogP contribution in [0.4, 0.5) is 5.82 Å². The van der Waals surface area contributed by atoms with E-state index in [1.165, 1.54) is 44.1 Å². The molecule has 2 aromatic heterocycles. The fraction of sp³-hybridized carbons (Fsp3) is 0.500. The molecule has 0 aliphatic rings. The quantitative estimate of drug-likeness (QED) is 0.436. The van der Waals surface area contributed by atoms with Crippen LogP contribution in [-0.4, -0.2) is 4.98 Å². The highest BCUT2D eigenvalue weighted by molar-refractivity contribution is 5.85. The van der Waals surface area contributed by atoms with Crippen LogP contribution in [0, 0.1) is 0 Å². The third-order valence-corrected chi connectivity index (χ3v) is 3.73. The standard InChI is InChI=1S/C9H12.C7H6N2O.C6H14.2C2H6/c1-2-6-9-7-4-3-5-8-9;8-7-6-5(1-3-9-7)2-4-10-6;1-3-5-6-4-2;2*1-2/h3-5,7-8H,2,6H2,1H3;1-4H,(H2,8,9);3-6H2,1-2H3;2*1-2H3. The van der Waals surface area contributed by atoms with Crippen LogP contribution in [0.15, 0.2) is 59.3 Å². The molecule has 0 saturated heterocycles. The summed E-state index contributed by atoms with van der Waals surface area (Å²) in [6.45, 7) is 14.7.